The van der Waals surface area contributed by atoms with Gasteiger partial charge in [-0.25, -0.2) is 9.97 Å². The van der Waals surface area contributed by atoms with E-state index in [-0.39, 0.29) is 11.7 Å². The quantitative estimate of drug-likeness (QED) is 0.597. The van der Waals surface area contributed by atoms with Crippen LogP contribution in [0.4, 0.5) is 5.82 Å². The number of fused-ring (bicyclic) bond motifs is 1. The van der Waals surface area contributed by atoms with Gasteiger partial charge in [-0.15, -0.1) is 0 Å². The Hall–Kier alpha value is -2.09. The summed E-state index contributed by atoms with van der Waals surface area (Å²) in [7, 11) is 3.48. The number of carbonyl (C=O) groups excluding carboxylic acids is 1. The van der Waals surface area contributed by atoms with Crippen LogP contribution in [0.15, 0.2) is 17.4 Å². The van der Waals surface area contributed by atoms with Crippen molar-refractivity contribution < 1.29 is 9.53 Å². The van der Waals surface area contributed by atoms with Crippen LogP contribution in [-0.4, -0.2) is 44.9 Å². The summed E-state index contributed by atoms with van der Waals surface area (Å²) in [4.78, 5) is 27.2. The van der Waals surface area contributed by atoms with Gasteiger partial charge >= 0.3 is 5.97 Å². The number of ether oxygens (including phenoxy) is 1. The molecule has 0 radical (unpaired) electrons. The Kier molecular flexibility index (Phi) is 5.27. The van der Waals surface area contributed by atoms with Gasteiger partial charge in [-0.3, -0.25) is 9.78 Å². The van der Waals surface area contributed by atoms with Crippen LogP contribution in [0.3, 0.4) is 0 Å². The molecule has 7 nitrogen and oxygen atoms in total. The molecule has 2 aromatic heterocycles. The highest BCUT2D eigenvalue weighted by Crippen LogP contribution is 2.26. The molecule has 3 heterocycles. The topological polar surface area (TPSA) is 73.1 Å². The third kappa shape index (κ3) is 3.78. The fourth-order valence-electron chi connectivity index (χ4n) is 3.01. The molecule has 0 amide bonds. The molecule has 0 atom stereocenters. The van der Waals surface area contributed by atoms with Gasteiger partial charge in [-0.1, -0.05) is 25.6 Å². The zero-order valence-electron chi connectivity index (χ0n) is 15.0. The minimum atomic E-state index is -0.269. The zero-order chi connectivity index (χ0) is 18.0. The van der Waals surface area contributed by atoms with Crippen LogP contribution in [0, 0.1) is 0 Å². The minimum Gasteiger partial charge on any atom is -0.468 e. The third-order valence-corrected chi connectivity index (χ3v) is 5.17. The van der Waals surface area contributed by atoms with Crippen LogP contribution >= 0.6 is 11.8 Å². The average Bonchev–Trinajstić information content (AvgIpc) is 2.96. The van der Waals surface area contributed by atoms with E-state index in [0.717, 1.165) is 41.9 Å². The van der Waals surface area contributed by atoms with Gasteiger partial charge in [0.25, 0.3) is 0 Å². The second kappa shape index (κ2) is 7.43. The van der Waals surface area contributed by atoms with Crippen molar-refractivity contribution in [2.45, 2.75) is 37.8 Å². The first-order valence-corrected chi connectivity index (χ1v) is 9.29. The van der Waals surface area contributed by atoms with E-state index in [9.17, 15) is 4.79 Å². The molecule has 0 saturated heterocycles. The molecule has 3 rings (SSSR count). The molecule has 0 bridgehead atoms. The lowest BCUT2D eigenvalue weighted by Crippen LogP contribution is -2.31. The summed E-state index contributed by atoms with van der Waals surface area (Å²) in [6.07, 6.45) is 4.37. The van der Waals surface area contributed by atoms with Crippen LogP contribution in [0.5, 0.6) is 0 Å². The smallest absolute Gasteiger partial charge is 0.316 e. The summed E-state index contributed by atoms with van der Waals surface area (Å²) in [5, 5.41) is 0.720. The molecule has 0 fully saturated rings. The molecule has 0 aromatic carbocycles. The van der Waals surface area contributed by atoms with Crippen LogP contribution in [0.25, 0.3) is 0 Å². The number of thioether (sulfide) groups is 1. The van der Waals surface area contributed by atoms with Crippen molar-refractivity contribution in [1.82, 2.24) is 19.5 Å². The Morgan fingerprint density at radius 1 is 1.36 bits per heavy atom. The molecule has 134 valence electrons. The van der Waals surface area contributed by atoms with Crippen molar-refractivity contribution in [2.24, 2.45) is 7.05 Å². The first-order valence-electron chi connectivity index (χ1n) is 8.30. The Bertz CT molecular complexity index is 774. The summed E-state index contributed by atoms with van der Waals surface area (Å²) >= 11 is 1.33. The lowest BCUT2D eigenvalue weighted by atomic mass is 10.1. The van der Waals surface area contributed by atoms with Crippen molar-refractivity contribution in [3.05, 3.63) is 29.6 Å². The number of imidazole rings is 1. The number of hydrogen-bond acceptors (Lipinski definition) is 7. The summed E-state index contributed by atoms with van der Waals surface area (Å²) in [5.74, 6) is 2.31. The largest absolute Gasteiger partial charge is 0.468 e. The van der Waals surface area contributed by atoms with Gasteiger partial charge in [0.05, 0.1) is 37.5 Å². The molecular formula is C17H23N5O2S. The Balaban J connectivity index is 1.75. The van der Waals surface area contributed by atoms with Gasteiger partial charge in [-0.2, -0.15) is 0 Å². The fourth-order valence-corrected chi connectivity index (χ4v) is 3.69. The lowest BCUT2D eigenvalue weighted by molar-refractivity contribution is -0.137. The number of esters is 1. The molecule has 8 heteroatoms. The molecule has 0 unspecified atom stereocenters. The predicted octanol–water partition coefficient (Wildman–Crippen LogP) is 2.16. The van der Waals surface area contributed by atoms with Gasteiger partial charge in [0.2, 0.25) is 0 Å². The standard InChI is InChI=1S/C17H23N5O2S/c1-11(2)17-19-12-9-22(6-5-13(12)21(17)3)14-7-18-8-15(20-14)25-10-16(23)24-4/h7-8,11H,5-6,9-10H2,1-4H3. The molecule has 0 saturated carbocycles. The minimum absolute atomic E-state index is 0.233. The number of hydrogen-bond donors (Lipinski definition) is 0. The van der Waals surface area contributed by atoms with Gasteiger partial charge in [0.1, 0.15) is 16.7 Å². The van der Waals surface area contributed by atoms with Crippen molar-refractivity contribution in [2.75, 3.05) is 24.3 Å². The number of methoxy groups -OCH3 is 1. The molecule has 1 aliphatic heterocycles. The Morgan fingerprint density at radius 3 is 2.88 bits per heavy atom. The third-order valence-electron chi connectivity index (χ3n) is 4.30. The number of anilines is 1. The average molecular weight is 361 g/mol. The highest BCUT2D eigenvalue weighted by molar-refractivity contribution is 7.99. The first kappa shape index (κ1) is 17.7. The SMILES string of the molecule is COC(=O)CSc1cncc(N2CCc3c(nc(C(C)C)n3C)C2)n1. The zero-order valence-corrected chi connectivity index (χ0v) is 15.8. The summed E-state index contributed by atoms with van der Waals surface area (Å²) in [6.45, 7) is 5.94. The lowest BCUT2D eigenvalue weighted by Gasteiger charge is -2.27. The normalized spacial score (nSPS) is 13.9. The summed E-state index contributed by atoms with van der Waals surface area (Å²) in [6, 6.07) is 0. The molecular weight excluding hydrogens is 338 g/mol. The van der Waals surface area contributed by atoms with E-state index in [0.29, 0.717) is 5.92 Å². The maximum absolute atomic E-state index is 11.3. The maximum Gasteiger partial charge on any atom is 0.316 e. The van der Waals surface area contributed by atoms with Crippen molar-refractivity contribution in [3.63, 3.8) is 0 Å². The molecule has 2 aromatic rings. The van der Waals surface area contributed by atoms with E-state index in [4.69, 9.17) is 4.98 Å². The van der Waals surface area contributed by atoms with E-state index in [1.807, 2.05) is 0 Å². The molecule has 0 spiro atoms. The maximum atomic E-state index is 11.3. The summed E-state index contributed by atoms with van der Waals surface area (Å²) in [5.41, 5.74) is 2.43. The van der Waals surface area contributed by atoms with Crippen LogP contribution in [0.1, 0.15) is 37.0 Å². The summed E-state index contributed by atoms with van der Waals surface area (Å²) < 4.78 is 6.89. The second-order valence-electron chi connectivity index (χ2n) is 6.33. The van der Waals surface area contributed by atoms with Crippen molar-refractivity contribution >= 4 is 23.5 Å². The monoisotopic (exact) mass is 361 g/mol. The number of carbonyl (C=O) groups is 1. The molecule has 0 N–H and O–H groups in total. The van der Waals surface area contributed by atoms with E-state index in [1.54, 1.807) is 12.4 Å². The van der Waals surface area contributed by atoms with Crippen molar-refractivity contribution in [1.29, 1.82) is 0 Å². The van der Waals surface area contributed by atoms with Gasteiger partial charge < -0.3 is 14.2 Å². The molecule has 0 aliphatic carbocycles. The van der Waals surface area contributed by atoms with Crippen LogP contribution in [-0.2, 0) is 29.5 Å². The Morgan fingerprint density at radius 2 is 2.16 bits per heavy atom. The van der Waals surface area contributed by atoms with Gasteiger partial charge in [0, 0.05) is 31.6 Å². The van der Waals surface area contributed by atoms with Gasteiger partial charge in [0.15, 0.2) is 0 Å². The second-order valence-corrected chi connectivity index (χ2v) is 7.32. The van der Waals surface area contributed by atoms with E-state index in [2.05, 4.69) is 45.1 Å². The first-order chi connectivity index (χ1) is 12.0. The number of nitrogens with zero attached hydrogens (tertiary/aromatic N) is 5. The van der Waals surface area contributed by atoms with E-state index < -0.39 is 0 Å². The highest BCUT2D eigenvalue weighted by Gasteiger charge is 2.24. The Labute approximate surface area is 151 Å². The van der Waals surface area contributed by atoms with Crippen LogP contribution in [0.2, 0.25) is 0 Å². The molecule has 1 aliphatic rings. The van der Waals surface area contributed by atoms with E-state index >= 15 is 0 Å². The number of aromatic nitrogens is 4. The number of rotatable bonds is 5. The van der Waals surface area contributed by atoms with Gasteiger partial charge in [-0.05, 0) is 0 Å². The fraction of sp³-hybridized carbons (Fsp3) is 0.529. The van der Waals surface area contributed by atoms with Crippen molar-refractivity contribution in [3.8, 4) is 0 Å². The van der Waals surface area contributed by atoms with Crippen LogP contribution < -0.4 is 4.90 Å². The predicted molar refractivity (Wildman–Crippen MR) is 96.8 cm³/mol. The molecule has 25 heavy (non-hydrogen) atoms. The highest BCUT2D eigenvalue weighted by atomic mass is 32.2. The van der Waals surface area contributed by atoms with E-state index in [1.165, 1.54) is 24.6 Å².